The van der Waals surface area contributed by atoms with Gasteiger partial charge in [-0.05, 0) is 44.0 Å². The SMILES string of the molecule is CCOc1ccc(C(=O)NC2CCN(C(=O)C(C)C)CC2)cc1. The Morgan fingerprint density at radius 3 is 2.35 bits per heavy atom. The summed E-state index contributed by atoms with van der Waals surface area (Å²) in [6.07, 6.45) is 1.61. The number of hydrogen-bond acceptors (Lipinski definition) is 3. The van der Waals surface area contributed by atoms with E-state index in [1.54, 1.807) is 12.1 Å². The predicted octanol–water partition coefficient (Wildman–Crippen LogP) is 2.46. The third-order valence-electron chi connectivity index (χ3n) is 4.06. The van der Waals surface area contributed by atoms with Gasteiger partial charge in [0, 0.05) is 30.6 Å². The minimum atomic E-state index is -0.0679. The molecule has 1 heterocycles. The van der Waals surface area contributed by atoms with Crippen molar-refractivity contribution in [2.24, 2.45) is 5.92 Å². The number of nitrogens with one attached hydrogen (secondary N) is 1. The summed E-state index contributed by atoms with van der Waals surface area (Å²) >= 11 is 0. The van der Waals surface area contributed by atoms with E-state index in [4.69, 9.17) is 4.74 Å². The maximum Gasteiger partial charge on any atom is 0.251 e. The Kier molecular flexibility index (Phi) is 6.02. The van der Waals surface area contributed by atoms with E-state index in [0.717, 1.165) is 18.6 Å². The van der Waals surface area contributed by atoms with Gasteiger partial charge in [0.05, 0.1) is 6.61 Å². The van der Waals surface area contributed by atoms with Crippen molar-refractivity contribution < 1.29 is 14.3 Å². The topological polar surface area (TPSA) is 58.6 Å². The first-order chi connectivity index (χ1) is 11.0. The zero-order chi connectivity index (χ0) is 16.8. The van der Waals surface area contributed by atoms with Crippen molar-refractivity contribution in [2.75, 3.05) is 19.7 Å². The van der Waals surface area contributed by atoms with Crippen LogP contribution in [0, 0.1) is 5.92 Å². The Hall–Kier alpha value is -2.04. The molecule has 5 nitrogen and oxygen atoms in total. The summed E-state index contributed by atoms with van der Waals surface area (Å²) in [6.45, 7) is 7.80. The van der Waals surface area contributed by atoms with Crippen LogP contribution in [0.1, 0.15) is 44.0 Å². The second-order valence-electron chi connectivity index (χ2n) is 6.19. The monoisotopic (exact) mass is 318 g/mol. The Morgan fingerprint density at radius 1 is 1.22 bits per heavy atom. The van der Waals surface area contributed by atoms with Crippen LogP contribution in [0.3, 0.4) is 0 Å². The fourth-order valence-electron chi connectivity index (χ4n) is 2.75. The molecule has 1 saturated heterocycles. The quantitative estimate of drug-likeness (QED) is 0.907. The largest absolute Gasteiger partial charge is 0.494 e. The van der Waals surface area contributed by atoms with E-state index in [1.165, 1.54) is 0 Å². The number of hydrogen-bond donors (Lipinski definition) is 1. The molecule has 0 unspecified atom stereocenters. The number of ether oxygens (including phenoxy) is 1. The molecular weight excluding hydrogens is 292 g/mol. The van der Waals surface area contributed by atoms with E-state index in [1.807, 2.05) is 37.8 Å². The lowest BCUT2D eigenvalue weighted by molar-refractivity contribution is -0.135. The van der Waals surface area contributed by atoms with Gasteiger partial charge in [-0.3, -0.25) is 9.59 Å². The number of amides is 2. The van der Waals surface area contributed by atoms with Crippen molar-refractivity contribution in [3.05, 3.63) is 29.8 Å². The molecular formula is C18H26N2O3. The van der Waals surface area contributed by atoms with Gasteiger partial charge in [-0.15, -0.1) is 0 Å². The number of benzene rings is 1. The minimum absolute atomic E-state index is 0.0324. The molecule has 1 aliphatic heterocycles. The summed E-state index contributed by atoms with van der Waals surface area (Å²) in [6, 6.07) is 7.30. The third-order valence-corrected chi connectivity index (χ3v) is 4.06. The summed E-state index contributed by atoms with van der Waals surface area (Å²) in [5, 5.41) is 3.06. The molecule has 1 fully saturated rings. The van der Waals surface area contributed by atoms with Crippen molar-refractivity contribution in [3.8, 4) is 5.75 Å². The Morgan fingerprint density at radius 2 is 1.83 bits per heavy atom. The van der Waals surface area contributed by atoms with Gasteiger partial charge in [0.25, 0.3) is 5.91 Å². The molecule has 1 aliphatic rings. The number of likely N-dealkylation sites (tertiary alicyclic amines) is 1. The molecule has 0 aliphatic carbocycles. The number of carbonyl (C=O) groups is 2. The standard InChI is InChI=1S/C18H26N2O3/c1-4-23-16-7-5-14(6-8-16)17(21)19-15-9-11-20(12-10-15)18(22)13(2)3/h5-8,13,15H,4,9-12H2,1-3H3,(H,19,21). The zero-order valence-electron chi connectivity index (χ0n) is 14.2. The molecule has 0 bridgehead atoms. The second kappa shape index (κ2) is 7.99. The number of piperidine rings is 1. The van der Waals surface area contributed by atoms with Crippen LogP contribution in [0.2, 0.25) is 0 Å². The molecule has 0 aromatic heterocycles. The highest BCUT2D eigenvalue weighted by molar-refractivity contribution is 5.94. The normalized spacial score (nSPS) is 15.6. The van der Waals surface area contributed by atoms with Crippen molar-refractivity contribution >= 4 is 11.8 Å². The average molecular weight is 318 g/mol. The Labute approximate surface area is 138 Å². The molecule has 126 valence electrons. The molecule has 0 atom stereocenters. The van der Waals surface area contributed by atoms with Crippen LogP contribution in [0.4, 0.5) is 0 Å². The molecule has 2 amide bonds. The average Bonchev–Trinajstić information content (AvgIpc) is 2.55. The fourth-order valence-corrected chi connectivity index (χ4v) is 2.75. The lowest BCUT2D eigenvalue weighted by Crippen LogP contribution is -2.47. The van der Waals surface area contributed by atoms with Gasteiger partial charge in [0.2, 0.25) is 5.91 Å². The van der Waals surface area contributed by atoms with Gasteiger partial charge in [-0.25, -0.2) is 0 Å². The van der Waals surface area contributed by atoms with Gasteiger partial charge in [-0.1, -0.05) is 13.8 Å². The molecule has 1 aromatic rings. The molecule has 1 aromatic carbocycles. The van der Waals surface area contributed by atoms with Crippen LogP contribution < -0.4 is 10.1 Å². The van der Waals surface area contributed by atoms with Gasteiger partial charge in [0.15, 0.2) is 0 Å². The van der Waals surface area contributed by atoms with E-state index in [-0.39, 0.29) is 23.8 Å². The van der Waals surface area contributed by atoms with Crippen molar-refractivity contribution in [2.45, 2.75) is 39.7 Å². The minimum Gasteiger partial charge on any atom is -0.494 e. The van der Waals surface area contributed by atoms with E-state index in [2.05, 4.69) is 5.32 Å². The predicted molar refractivity (Wildman–Crippen MR) is 89.5 cm³/mol. The fraction of sp³-hybridized carbons (Fsp3) is 0.556. The molecule has 1 N–H and O–H groups in total. The smallest absolute Gasteiger partial charge is 0.251 e. The van der Waals surface area contributed by atoms with E-state index < -0.39 is 0 Å². The van der Waals surface area contributed by atoms with Crippen LogP contribution in [0.15, 0.2) is 24.3 Å². The third kappa shape index (κ3) is 4.71. The van der Waals surface area contributed by atoms with Crippen LogP contribution in [-0.4, -0.2) is 42.5 Å². The Balaban J connectivity index is 1.83. The highest BCUT2D eigenvalue weighted by atomic mass is 16.5. The van der Waals surface area contributed by atoms with Gasteiger partial charge >= 0.3 is 0 Å². The molecule has 0 spiro atoms. The lowest BCUT2D eigenvalue weighted by atomic mass is 10.0. The summed E-state index contributed by atoms with van der Waals surface area (Å²) in [5.74, 6) is 0.928. The van der Waals surface area contributed by atoms with Crippen LogP contribution in [0.25, 0.3) is 0 Å². The van der Waals surface area contributed by atoms with E-state index in [0.29, 0.717) is 25.3 Å². The van der Waals surface area contributed by atoms with Gasteiger partial charge in [-0.2, -0.15) is 0 Å². The van der Waals surface area contributed by atoms with E-state index >= 15 is 0 Å². The zero-order valence-corrected chi connectivity index (χ0v) is 14.2. The summed E-state index contributed by atoms with van der Waals surface area (Å²) in [4.78, 5) is 26.1. The van der Waals surface area contributed by atoms with Crippen LogP contribution in [-0.2, 0) is 4.79 Å². The first-order valence-electron chi connectivity index (χ1n) is 8.33. The number of rotatable bonds is 5. The molecule has 2 rings (SSSR count). The Bertz CT molecular complexity index is 532. The number of carbonyl (C=O) groups excluding carboxylic acids is 2. The maximum atomic E-state index is 12.3. The van der Waals surface area contributed by atoms with Crippen molar-refractivity contribution in [1.82, 2.24) is 10.2 Å². The summed E-state index contributed by atoms with van der Waals surface area (Å²) in [5.41, 5.74) is 0.633. The van der Waals surface area contributed by atoms with Crippen LogP contribution >= 0.6 is 0 Å². The highest BCUT2D eigenvalue weighted by Gasteiger charge is 2.25. The van der Waals surface area contributed by atoms with Crippen LogP contribution in [0.5, 0.6) is 5.75 Å². The number of nitrogens with zero attached hydrogens (tertiary/aromatic N) is 1. The van der Waals surface area contributed by atoms with E-state index in [9.17, 15) is 9.59 Å². The van der Waals surface area contributed by atoms with Gasteiger partial charge in [0.1, 0.15) is 5.75 Å². The first-order valence-corrected chi connectivity index (χ1v) is 8.33. The molecule has 23 heavy (non-hydrogen) atoms. The molecule has 0 saturated carbocycles. The van der Waals surface area contributed by atoms with Gasteiger partial charge < -0.3 is 15.0 Å². The first kappa shape index (κ1) is 17.3. The highest BCUT2D eigenvalue weighted by Crippen LogP contribution is 2.15. The molecule has 0 radical (unpaired) electrons. The maximum absolute atomic E-state index is 12.3. The van der Waals surface area contributed by atoms with Crippen molar-refractivity contribution in [3.63, 3.8) is 0 Å². The second-order valence-corrected chi connectivity index (χ2v) is 6.19. The lowest BCUT2D eigenvalue weighted by Gasteiger charge is -2.33. The summed E-state index contributed by atoms with van der Waals surface area (Å²) < 4.78 is 5.37. The van der Waals surface area contributed by atoms with Crippen molar-refractivity contribution in [1.29, 1.82) is 0 Å². The summed E-state index contributed by atoms with van der Waals surface area (Å²) in [7, 11) is 0. The molecule has 5 heteroatoms.